The van der Waals surface area contributed by atoms with Crippen LogP contribution in [0.1, 0.15) is 39.9 Å². The van der Waals surface area contributed by atoms with Gasteiger partial charge in [-0.1, -0.05) is 11.6 Å². The highest BCUT2D eigenvalue weighted by molar-refractivity contribution is 7.80. The molecule has 2 N–H and O–H groups in total. The zero-order chi connectivity index (χ0) is 23.4. The van der Waals surface area contributed by atoms with Crippen molar-refractivity contribution >= 4 is 63.2 Å². The molecule has 6 nitrogen and oxygen atoms in total. The Hall–Kier alpha value is -2.94. The van der Waals surface area contributed by atoms with Gasteiger partial charge in [0.1, 0.15) is 16.5 Å². The number of ether oxygens (including phenoxy) is 1. The maximum Gasteiger partial charge on any atom is 0.341 e. The van der Waals surface area contributed by atoms with E-state index in [9.17, 15) is 9.59 Å². The number of nitrogens with one attached hydrogen (secondary N) is 2. The summed E-state index contributed by atoms with van der Waals surface area (Å²) in [6.45, 7) is 2.06. The molecule has 2 aromatic heterocycles. The Balaban J connectivity index is 1.38. The SMILES string of the molecule is CCOC(=O)c1c(NC(=S)NC(=O)C=Cc2ccc(-c3ccc(Cl)cc3)o2)sc2c1CCC2. The van der Waals surface area contributed by atoms with Crippen molar-refractivity contribution in [1.29, 1.82) is 0 Å². The molecular weight excluding hydrogens is 480 g/mol. The van der Waals surface area contributed by atoms with Crippen LogP contribution in [0, 0.1) is 0 Å². The predicted molar refractivity (Wildman–Crippen MR) is 135 cm³/mol. The lowest BCUT2D eigenvalue weighted by Crippen LogP contribution is -2.33. The maximum absolute atomic E-state index is 12.5. The van der Waals surface area contributed by atoms with Crippen LogP contribution in [0.25, 0.3) is 17.4 Å². The molecule has 1 amide bonds. The lowest BCUT2D eigenvalue weighted by atomic mass is 10.1. The Kier molecular flexibility index (Phi) is 7.27. The fraction of sp³-hybridized carbons (Fsp3) is 0.208. The highest BCUT2D eigenvalue weighted by Crippen LogP contribution is 2.39. The van der Waals surface area contributed by atoms with Gasteiger partial charge in [-0.05, 0) is 86.4 Å². The quantitative estimate of drug-likeness (QED) is 0.251. The average molecular weight is 501 g/mol. The number of fused-ring (bicyclic) bond motifs is 1. The van der Waals surface area contributed by atoms with Crippen molar-refractivity contribution in [3.63, 3.8) is 0 Å². The van der Waals surface area contributed by atoms with E-state index in [2.05, 4.69) is 10.6 Å². The molecular formula is C24H21ClN2O4S2. The van der Waals surface area contributed by atoms with Crippen molar-refractivity contribution < 1.29 is 18.7 Å². The highest BCUT2D eigenvalue weighted by Gasteiger charge is 2.28. The molecule has 0 unspecified atom stereocenters. The van der Waals surface area contributed by atoms with Gasteiger partial charge in [-0.2, -0.15) is 0 Å². The number of halogens is 1. The van der Waals surface area contributed by atoms with Gasteiger partial charge in [-0.3, -0.25) is 10.1 Å². The second-order valence-corrected chi connectivity index (χ2v) is 9.22. The minimum atomic E-state index is -0.418. The molecule has 1 aliphatic carbocycles. The third-order valence-corrected chi connectivity index (χ3v) is 6.68. The van der Waals surface area contributed by atoms with Crippen LogP contribution in [0.2, 0.25) is 5.02 Å². The smallest absolute Gasteiger partial charge is 0.341 e. The molecule has 170 valence electrons. The molecule has 4 rings (SSSR count). The number of aryl methyl sites for hydroxylation is 1. The van der Waals surface area contributed by atoms with E-state index in [-0.39, 0.29) is 11.1 Å². The minimum Gasteiger partial charge on any atom is -0.462 e. The van der Waals surface area contributed by atoms with Crippen LogP contribution in [0.5, 0.6) is 0 Å². The van der Waals surface area contributed by atoms with E-state index in [4.69, 9.17) is 33.0 Å². The molecule has 0 aliphatic heterocycles. The van der Waals surface area contributed by atoms with Crippen LogP contribution in [0.15, 0.2) is 46.9 Å². The average Bonchev–Trinajstić information content (AvgIpc) is 3.49. The first-order chi connectivity index (χ1) is 15.9. The number of amides is 1. The molecule has 1 aliphatic rings. The van der Waals surface area contributed by atoms with E-state index in [1.54, 1.807) is 31.2 Å². The number of carbonyl (C=O) groups excluding carboxylic acids is 2. The number of benzene rings is 1. The largest absolute Gasteiger partial charge is 0.462 e. The molecule has 0 spiro atoms. The van der Waals surface area contributed by atoms with Gasteiger partial charge in [0.25, 0.3) is 0 Å². The van der Waals surface area contributed by atoms with E-state index in [1.807, 2.05) is 18.2 Å². The number of esters is 1. The number of carbonyl (C=O) groups is 2. The normalized spacial score (nSPS) is 12.5. The number of furan rings is 1. The maximum atomic E-state index is 12.5. The van der Waals surface area contributed by atoms with Crippen LogP contribution in [0.3, 0.4) is 0 Å². The molecule has 0 atom stereocenters. The number of hydrogen-bond acceptors (Lipinski definition) is 6. The van der Waals surface area contributed by atoms with Gasteiger partial charge in [-0.15, -0.1) is 11.3 Å². The summed E-state index contributed by atoms with van der Waals surface area (Å²) in [5, 5.41) is 6.94. The van der Waals surface area contributed by atoms with Crippen molar-refractivity contribution in [3.8, 4) is 11.3 Å². The second kappa shape index (κ2) is 10.3. The minimum absolute atomic E-state index is 0.108. The van der Waals surface area contributed by atoms with Gasteiger partial charge in [-0.25, -0.2) is 4.79 Å². The summed E-state index contributed by atoms with van der Waals surface area (Å²) in [6.07, 6.45) is 5.67. The standard InChI is InChI=1S/C24H21ClN2O4S2/c1-2-30-23(29)21-17-4-3-5-19(17)33-22(21)27-24(32)26-20(28)13-11-16-10-12-18(31-16)14-6-8-15(25)9-7-14/h6-13H,2-5H2,1H3,(H2,26,27,28,32). The zero-order valence-electron chi connectivity index (χ0n) is 17.8. The molecule has 0 bridgehead atoms. The number of rotatable bonds is 6. The summed E-state index contributed by atoms with van der Waals surface area (Å²) >= 11 is 12.7. The van der Waals surface area contributed by atoms with Crippen molar-refractivity contribution in [2.75, 3.05) is 11.9 Å². The van der Waals surface area contributed by atoms with Gasteiger partial charge in [0, 0.05) is 21.5 Å². The van der Waals surface area contributed by atoms with Crippen molar-refractivity contribution in [2.45, 2.75) is 26.2 Å². The summed E-state index contributed by atoms with van der Waals surface area (Å²) in [6, 6.07) is 10.9. The Morgan fingerprint density at radius 2 is 2.00 bits per heavy atom. The topological polar surface area (TPSA) is 80.6 Å². The molecule has 9 heteroatoms. The highest BCUT2D eigenvalue weighted by atomic mass is 35.5. The molecule has 0 saturated heterocycles. The lowest BCUT2D eigenvalue weighted by Gasteiger charge is -2.09. The zero-order valence-corrected chi connectivity index (χ0v) is 20.2. The van der Waals surface area contributed by atoms with Crippen LogP contribution in [-0.4, -0.2) is 23.6 Å². The number of thiocarbonyl (C=S) groups is 1. The van der Waals surface area contributed by atoms with E-state index < -0.39 is 5.91 Å². The van der Waals surface area contributed by atoms with Gasteiger partial charge in [0.05, 0.1) is 12.2 Å². The van der Waals surface area contributed by atoms with E-state index >= 15 is 0 Å². The Labute approximate surface area is 205 Å². The van der Waals surface area contributed by atoms with E-state index in [0.29, 0.717) is 33.7 Å². The first-order valence-corrected chi connectivity index (χ1v) is 12.0. The molecule has 2 heterocycles. The predicted octanol–water partition coefficient (Wildman–Crippen LogP) is 5.85. The van der Waals surface area contributed by atoms with Crippen molar-refractivity contribution in [1.82, 2.24) is 5.32 Å². The lowest BCUT2D eigenvalue weighted by molar-refractivity contribution is -0.115. The second-order valence-electron chi connectivity index (χ2n) is 7.27. The monoisotopic (exact) mass is 500 g/mol. The van der Waals surface area contributed by atoms with Gasteiger partial charge in [0.15, 0.2) is 5.11 Å². The number of thiophene rings is 1. The van der Waals surface area contributed by atoms with Crippen LogP contribution in [0.4, 0.5) is 5.00 Å². The number of anilines is 1. The van der Waals surface area contributed by atoms with E-state index in [1.165, 1.54) is 17.4 Å². The Bertz CT molecular complexity index is 1230. The van der Waals surface area contributed by atoms with Gasteiger partial charge >= 0.3 is 5.97 Å². The molecule has 3 aromatic rings. The van der Waals surface area contributed by atoms with Crippen molar-refractivity contribution in [2.24, 2.45) is 0 Å². The third-order valence-electron chi connectivity index (χ3n) is 5.02. The fourth-order valence-corrected chi connectivity index (χ4v) is 5.24. The summed E-state index contributed by atoms with van der Waals surface area (Å²) in [5.41, 5.74) is 2.42. The summed E-state index contributed by atoms with van der Waals surface area (Å²) in [4.78, 5) is 25.9. The molecule has 0 fully saturated rings. The summed E-state index contributed by atoms with van der Waals surface area (Å²) < 4.78 is 11.0. The molecule has 33 heavy (non-hydrogen) atoms. The molecule has 0 saturated carbocycles. The summed E-state index contributed by atoms with van der Waals surface area (Å²) in [7, 11) is 0. The third kappa shape index (κ3) is 5.52. The molecule has 1 aromatic carbocycles. The van der Waals surface area contributed by atoms with Gasteiger partial charge < -0.3 is 14.5 Å². The van der Waals surface area contributed by atoms with Crippen LogP contribution < -0.4 is 10.6 Å². The van der Waals surface area contributed by atoms with Crippen molar-refractivity contribution in [3.05, 3.63) is 69.3 Å². The fourth-order valence-electron chi connectivity index (χ4n) is 3.57. The van der Waals surface area contributed by atoms with E-state index in [0.717, 1.165) is 35.3 Å². The first-order valence-electron chi connectivity index (χ1n) is 10.4. The van der Waals surface area contributed by atoms with Crippen LogP contribution in [-0.2, 0) is 22.4 Å². The Morgan fingerprint density at radius 1 is 1.21 bits per heavy atom. The Morgan fingerprint density at radius 3 is 2.76 bits per heavy atom. The van der Waals surface area contributed by atoms with Gasteiger partial charge in [0.2, 0.25) is 5.91 Å². The number of hydrogen-bond donors (Lipinski definition) is 2. The first kappa shape index (κ1) is 23.2. The van der Waals surface area contributed by atoms with Crippen LogP contribution >= 0.6 is 35.2 Å². The molecule has 0 radical (unpaired) electrons. The summed E-state index contributed by atoms with van der Waals surface area (Å²) in [5.74, 6) is 0.399.